The highest BCUT2D eigenvalue weighted by Crippen LogP contribution is 2.16. The van der Waals surface area contributed by atoms with Gasteiger partial charge in [0.25, 0.3) is 0 Å². The maximum atomic E-state index is 12.0. The van der Waals surface area contributed by atoms with E-state index in [2.05, 4.69) is 11.4 Å². The Hall–Kier alpha value is -2.29. The van der Waals surface area contributed by atoms with Gasteiger partial charge in [0.2, 0.25) is 5.91 Å². The van der Waals surface area contributed by atoms with Crippen molar-refractivity contribution in [2.45, 2.75) is 33.2 Å². The normalized spacial score (nSPS) is 11.8. The number of aryl methyl sites for hydroxylation is 2. The van der Waals surface area contributed by atoms with E-state index in [0.717, 1.165) is 22.4 Å². The second-order valence-electron chi connectivity index (χ2n) is 5.62. The molecule has 1 amide bonds. The molecule has 0 radical (unpaired) electrons. The fourth-order valence-electron chi connectivity index (χ4n) is 2.42. The Labute approximate surface area is 132 Å². The molecule has 0 bridgehead atoms. The molecular weight excluding hydrogens is 274 g/mol. The smallest absolute Gasteiger partial charge is 0.223 e. The number of rotatable bonds is 6. The largest absolute Gasteiger partial charge is 0.493 e. The van der Waals surface area contributed by atoms with Crippen molar-refractivity contribution in [1.29, 1.82) is 0 Å². The summed E-state index contributed by atoms with van der Waals surface area (Å²) in [4.78, 5) is 12.0. The summed E-state index contributed by atoms with van der Waals surface area (Å²) < 4.78 is 5.66. The van der Waals surface area contributed by atoms with Gasteiger partial charge in [-0.3, -0.25) is 4.79 Å². The molecule has 3 heteroatoms. The van der Waals surface area contributed by atoms with Crippen LogP contribution in [0.4, 0.5) is 0 Å². The molecule has 0 spiro atoms. The quantitative estimate of drug-likeness (QED) is 0.876. The number of hydrogen-bond donors (Lipinski definition) is 1. The van der Waals surface area contributed by atoms with Crippen molar-refractivity contribution in [3.8, 4) is 5.75 Å². The minimum absolute atomic E-state index is 0.000674. The fraction of sp³-hybridized carbons (Fsp3) is 0.316. The maximum Gasteiger partial charge on any atom is 0.223 e. The SMILES string of the molecule is Cc1cc(C)cc(OCCC(=O)NC(C)c2ccccc2)c1. The summed E-state index contributed by atoms with van der Waals surface area (Å²) in [5.74, 6) is 0.821. The first-order valence-electron chi connectivity index (χ1n) is 7.60. The number of hydrogen-bond acceptors (Lipinski definition) is 2. The molecule has 2 rings (SSSR count). The van der Waals surface area contributed by atoms with Crippen molar-refractivity contribution in [1.82, 2.24) is 5.32 Å². The molecule has 1 atom stereocenters. The van der Waals surface area contributed by atoms with Crippen molar-refractivity contribution in [2.75, 3.05) is 6.61 Å². The van der Waals surface area contributed by atoms with Crippen LogP contribution in [0.1, 0.15) is 36.1 Å². The summed E-state index contributed by atoms with van der Waals surface area (Å²) in [6.07, 6.45) is 0.351. The summed E-state index contributed by atoms with van der Waals surface area (Å²) in [6, 6.07) is 16.0. The van der Waals surface area contributed by atoms with Crippen LogP contribution in [0.2, 0.25) is 0 Å². The summed E-state index contributed by atoms with van der Waals surface area (Å²) in [6.45, 7) is 6.44. The van der Waals surface area contributed by atoms with Crippen molar-refractivity contribution in [3.63, 3.8) is 0 Å². The van der Waals surface area contributed by atoms with Crippen LogP contribution in [0.3, 0.4) is 0 Å². The highest BCUT2D eigenvalue weighted by atomic mass is 16.5. The van der Waals surface area contributed by atoms with Gasteiger partial charge in [-0.1, -0.05) is 36.4 Å². The summed E-state index contributed by atoms with van der Waals surface area (Å²) >= 11 is 0. The number of nitrogens with one attached hydrogen (secondary N) is 1. The Morgan fingerprint density at radius 3 is 2.36 bits per heavy atom. The van der Waals surface area contributed by atoms with E-state index in [-0.39, 0.29) is 11.9 Å². The molecule has 116 valence electrons. The van der Waals surface area contributed by atoms with Crippen LogP contribution in [0.5, 0.6) is 5.75 Å². The van der Waals surface area contributed by atoms with Crippen LogP contribution >= 0.6 is 0 Å². The van der Waals surface area contributed by atoms with Gasteiger partial charge in [-0.25, -0.2) is 0 Å². The van der Waals surface area contributed by atoms with E-state index in [4.69, 9.17) is 4.74 Å². The summed E-state index contributed by atoms with van der Waals surface area (Å²) in [5.41, 5.74) is 3.43. The molecule has 0 aliphatic heterocycles. The van der Waals surface area contributed by atoms with E-state index in [1.165, 1.54) is 0 Å². The first-order valence-corrected chi connectivity index (χ1v) is 7.60. The third-order valence-electron chi connectivity index (χ3n) is 3.47. The highest BCUT2D eigenvalue weighted by molar-refractivity contribution is 5.76. The Morgan fingerprint density at radius 1 is 1.09 bits per heavy atom. The average molecular weight is 297 g/mol. The molecule has 1 N–H and O–H groups in total. The predicted octanol–water partition coefficient (Wildman–Crippen LogP) is 3.95. The van der Waals surface area contributed by atoms with Crippen LogP contribution in [0, 0.1) is 13.8 Å². The van der Waals surface area contributed by atoms with Crippen LogP contribution in [0.25, 0.3) is 0 Å². The second kappa shape index (κ2) is 7.64. The standard InChI is InChI=1S/C19H23NO2/c1-14-11-15(2)13-18(12-14)22-10-9-19(21)20-16(3)17-7-5-4-6-8-17/h4-8,11-13,16H,9-10H2,1-3H3,(H,20,21). The van der Waals surface area contributed by atoms with Crippen molar-refractivity contribution in [2.24, 2.45) is 0 Å². The first-order chi connectivity index (χ1) is 10.5. The van der Waals surface area contributed by atoms with E-state index in [0.29, 0.717) is 13.0 Å². The average Bonchev–Trinajstić information content (AvgIpc) is 2.47. The van der Waals surface area contributed by atoms with Gasteiger partial charge < -0.3 is 10.1 Å². The van der Waals surface area contributed by atoms with Gasteiger partial charge in [-0.2, -0.15) is 0 Å². The number of ether oxygens (including phenoxy) is 1. The molecule has 2 aromatic carbocycles. The zero-order valence-corrected chi connectivity index (χ0v) is 13.4. The highest BCUT2D eigenvalue weighted by Gasteiger charge is 2.09. The predicted molar refractivity (Wildman–Crippen MR) is 89.0 cm³/mol. The lowest BCUT2D eigenvalue weighted by atomic mass is 10.1. The van der Waals surface area contributed by atoms with E-state index >= 15 is 0 Å². The number of carbonyl (C=O) groups excluding carboxylic acids is 1. The molecule has 0 aliphatic rings. The minimum Gasteiger partial charge on any atom is -0.493 e. The summed E-state index contributed by atoms with van der Waals surface area (Å²) in [7, 11) is 0. The third kappa shape index (κ3) is 4.92. The molecule has 0 fully saturated rings. The van der Waals surface area contributed by atoms with E-state index in [1.54, 1.807) is 0 Å². The molecule has 2 aromatic rings. The topological polar surface area (TPSA) is 38.3 Å². The number of carbonyl (C=O) groups is 1. The van der Waals surface area contributed by atoms with E-state index in [1.807, 2.05) is 63.2 Å². The van der Waals surface area contributed by atoms with E-state index in [9.17, 15) is 4.79 Å². The molecule has 0 aromatic heterocycles. The van der Waals surface area contributed by atoms with Crippen molar-refractivity contribution in [3.05, 3.63) is 65.2 Å². The van der Waals surface area contributed by atoms with E-state index < -0.39 is 0 Å². The Bertz CT molecular complexity index is 602. The van der Waals surface area contributed by atoms with Crippen molar-refractivity contribution < 1.29 is 9.53 Å². The minimum atomic E-state index is 0.000674. The number of benzene rings is 2. The number of amides is 1. The van der Waals surface area contributed by atoms with Gasteiger partial charge in [0.05, 0.1) is 19.1 Å². The second-order valence-corrected chi connectivity index (χ2v) is 5.62. The Kier molecular flexibility index (Phi) is 5.59. The Morgan fingerprint density at radius 2 is 1.73 bits per heavy atom. The molecule has 0 aliphatic carbocycles. The molecule has 0 saturated heterocycles. The van der Waals surface area contributed by atoms with Gasteiger partial charge in [0.1, 0.15) is 5.75 Å². The zero-order valence-electron chi connectivity index (χ0n) is 13.4. The van der Waals surface area contributed by atoms with Crippen LogP contribution in [-0.2, 0) is 4.79 Å². The van der Waals surface area contributed by atoms with Gasteiger partial charge in [0.15, 0.2) is 0 Å². The van der Waals surface area contributed by atoms with Crippen molar-refractivity contribution >= 4 is 5.91 Å². The fourth-order valence-corrected chi connectivity index (χ4v) is 2.42. The molecule has 3 nitrogen and oxygen atoms in total. The first kappa shape index (κ1) is 16.1. The van der Waals surface area contributed by atoms with Gasteiger partial charge in [-0.15, -0.1) is 0 Å². The lowest BCUT2D eigenvalue weighted by Gasteiger charge is -2.14. The van der Waals surface area contributed by atoms with Crippen LogP contribution in [-0.4, -0.2) is 12.5 Å². The lowest BCUT2D eigenvalue weighted by Crippen LogP contribution is -2.27. The lowest BCUT2D eigenvalue weighted by molar-refractivity contribution is -0.122. The van der Waals surface area contributed by atoms with Crippen LogP contribution < -0.4 is 10.1 Å². The van der Waals surface area contributed by atoms with Crippen LogP contribution in [0.15, 0.2) is 48.5 Å². The van der Waals surface area contributed by atoms with Gasteiger partial charge >= 0.3 is 0 Å². The molecule has 0 saturated carbocycles. The summed E-state index contributed by atoms with van der Waals surface area (Å²) in [5, 5.41) is 2.99. The molecular formula is C19H23NO2. The molecule has 22 heavy (non-hydrogen) atoms. The van der Waals surface area contributed by atoms with Gasteiger partial charge in [0, 0.05) is 0 Å². The maximum absolute atomic E-state index is 12.0. The Balaban J connectivity index is 1.78. The zero-order chi connectivity index (χ0) is 15.9. The molecule has 0 heterocycles. The molecule has 1 unspecified atom stereocenters. The monoisotopic (exact) mass is 297 g/mol. The van der Waals surface area contributed by atoms with Gasteiger partial charge in [-0.05, 0) is 49.6 Å². The third-order valence-corrected chi connectivity index (χ3v) is 3.47.